The quantitative estimate of drug-likeness (QED) is 0.688. The predicted octanol–water partition coefficient (Wildman–Crippen LogP) is 5.48. The van der Waals surface area contributed by atoms with E-state index in [0.29, 0.717) is 12.3 Å². The monoisotopic (exact) mass is 330 g/mol. The summed E-state index contributed by atoms with van der Waals surface area (Å²) in [6.45, 7) is 4.45. The molecule has 5 heteroatoms. The summed E-state index contributed by atoms with van der Waals surface area (Å²) in [7, 11) is 0. The van der Waals surface area contributed by atoms with Crippen LogP contribution in [0, 0.1) is 12.7 Å². The van der Waals surface area contributed by atoms with E-state index in [2.05, 4.69) is 10.3 Å². The van der Waals surface area contributed by atoms with Gasteiger partial charge in [0.1, 0.15) is 11.6 Å². The van der Waals surface area contributed by atoms with Gasteiger partial charge in [-0.2, -0.15) is 0 Å². The molecule has 1 N–H and O–H groups in total. The fourth-order valence-corrected chi connectivity index (χ4v) is 2.54. The lowest BCUT2D eigenvalue weighted by Crippen LogP contribution is -1.97. The Morgan fingerprint density at radius 3 is 2.74 bits per heavy atom. The summed E-state index contributed by atoms with van der Waals surface area (Å²) in [4.78, 5) is 4.52. The van der Waals surface area contributed by atoms with Crippen molar-refractivity contribution < 1.29 is 9.13 Å². The van der Waals surface area contributed by atoms with Crippen LogP contribution in [0.5, 0.6) is 5.75 Å². The molecular weight excluding hydrogens is 315 g/mol. The van der Waals surface area contributed by atoms with Gasteiger partial charge in [0.25, 0.3) is 0 Å². The van der Waals surface area contributed by atoms with Crippen LogP contribution in [0.1, 0.15) is 12.6 Å². The Balaban J connectivity index is 2.07. The largest absolute Gasteiger partial charge is 0.494 e. The summed E-state index contributed by atoms with van der Waals surface area (Å²) in [5, 5.41) is 4.25. The van der Waals surface area contributed by atoms with Crippen LogP contribution in [-0.2, 0) is 0 Å². The fourth-order valence-electron chi connectivity index (χ4n) is 2.43. The molecule has 1 heterocycles. The zero-order valence-corrected chi connectivity index (χ0v) is 13.6. The number of hydrogen-bond donors (Lipinski definition) is 1. The molecule has 0 fully saturated rings. The van der Waals surface area contributed by atoms with Crippen molar-refractivity contribution in [2.45, 2.75) is 13.8 Å². The predicted molar refractivity (Wildman–Crippen MR) is 92.3 cm³/mol. The minimum absolute atomic E-state index is 0.102. The van der Waals surface area contributed by atoms with E-state index in [0.717, 1.165) is 28.0 Å². The van der Waals surface area contributed by atoms with E-state index < -0.39 is 5.82 Å². The molecule has 0 spiro atoms. The molecule has 0 bridgehead atoms. The highest BCUT2D eigenvalue weighted by Crippen LogP contribution is 2.30. The van der Waals surface area contributed by atoms with Crippen LogP contribution in [0.15, 0.2) is 42.5 Å². The first-order valence-electron chi connectivity index (χ1n) is 7.33. The molecule has 3 aromatic rings. The van der Waals surface area contributed by atoms with Gasteiger partial charge in [0.05, 0.1) is 17.1 Å². The number of hydrogen-bond acceptors (Lipinski definition) is 3. The second-order valence-corrected chi connectivity index (χ2v) is 5.58. The maximum absolute atomic E-state index is 13.6. The number of rotatable bonds is 4. The molecule has 0 atom stereocenters. The third-order valence-electron chi connectivity index (χ3n) is 3.42. The minimum atomic E-state index is -0.457. The second kappa shape index (κ2) is 6.42. The van der Waals surface area contributed by atoms with Gasteiger partial charge in [0, 0.05) is 22.5 Å². The molecule has 0 saturated heterocycles. The molecule has 3 rings (SSSR count). The van der Waals surface area contributed by atoms with Gasteiger partial charge in [-0.3, -0.25) is 4.98 Å². The lowest BCUT2D eigenvalue weighted by molar-refractivity contribution is 0.340. The lowest BCUT2D eigenvalue weighted by atomic mass is 10.1. The number of anilines is 2. The molecule has 1 aromatic heterocycles. The van der Waals surface area contributed by atoms with Crippen LogP contribution < -0.4 is 10.1 Å². The van der Waals surface area contributed by atoms with E-state index in [1.165, 1.54) is 12.1 Å². The molecule has 118 valence electrons. The highest BCUT2D eigenvalue weighted by atomic mass is 35.5. The van der Waals surface area contributed by atoms with Crippen molar-refractivity contribution in [2.75, 3.05) is 11.9 Å². The van der Waals surface area contributed by atoms with Gasteiger partial charge in [0.2, 0.25) is 0 Å². The zero-order valence-electron chi connectivity index (χ0n) is 12.9. The van der Waals surface area contributed by atoms with Gasteiger partial charge >= 0.3 is 0 Å². The Hall–Kier alpha value is -2.33. The van der Waals surface area contributed by atoms with Crippen LogP contribution in [0.2, 0.25) is 5.02 Å². The van der Waals surface area contributed by atoms with Crippen molar-refractivity contribution in [3.05, 3.63) is 59.0 Å². The smallest absolute Gasteiger partial charge is 0.143 e. The highest BCUT2D eigenvalue weighted by molar-refractivity contribution is 6.30. The maximum atomic E-state index is 13.6. The first kappa shape index (κ1) is 15.6. The Bertz CT molecular complexity index is 867. The molecule has 0 aliphatic carbocycles. The van der Waals surface area contributed by atoms with E-state index in [1.54, 1.807) is 6.07 Å². The van der Waals surface area contributed by atoms with Crippen molar-refractivity contribution in [2.24, 2.45) is 0 Å². The number of nitrogens with zero attached hydrogens (tertiary/aromatic N) is 1. The van der Waals surface area contributed by atoms with Gasteiger partial charge < -0.3 is 10.1 Å². The number of pyridine rings is 1. The summed E-state index contributed by atoms with van der Waals surface area (Å²) in [6.07, 6.45) is 0. The van der Waals surface area contributed by atoms with Crippen molar-refractivity contribution in [3.8, 4) is 5.75 Å². The summed E-state index contributed by atoms with van der Waals surface area (Å²) < 4.78 is 19.2. The third-order valence-corrected chi connectivity index (χ3v) is 3.72. The lowest BCUT2D eigenvalue weighted by Gasteiger charge is -2.12. The summed E-state index contributed by atoms with van der Waals surface area (Å²) in [6, 6.07) is 12.3. The second-order valence-electron chi connectivity index (χ2n) is 5.18. The van der Waals surface area contributed by atoms with Crippen molar-refractivity contribution in [1.29, 1.82) is 0 Å². The standard InChI is InChI=1S/C18H16ClFN2O/c1-3-23-13-5-7-17-14(10-13)18(8-11(2)21-17)22-12-4-6-15(19)16(20)9-12/h4-10H,3H2,1-2H3,(H,21,22). The number of halogens is 2. The maximum Gasteiger partial charge on any atom is 0.143 e. The van der Waals surface area contributed by atoms with Gasteiger partial charge in [-0.1, -0.05) is 11.6 Å². The molecule has 2 aromatic carbocycles. The molecule has 0 aliphatic heterocycles. The van der Waals surface area contributed by atoms with Gasteiger partial charge in [0.15, 0.2) is 0 Å². The zero-order chi connectivity index (χ0) is 16.4. The van der Waals surface area contributed by atoms with Crippen molar-refractivity contribution >= 4 is 33.9 Å². The number of benzene rings is 2. The van der Waals surface area contributed by atoms with Crippen molar-refractivity contribution in [3.63, 3.8) is 0 Å². The molecule has 3 nitrogen and oxygen atoms in total. The van der Waals surface area contributed by atoms with Crippen LogP contribution in [0.3, 0.4) is 0 Å². The molecular formula is C18H16ClFN2O. The first-order valence-corrected chi connectivity index (χ1v) is 7.71. The average molecular weight is 331 g/mol. The summed E-state index contributed by atoms with van der Waals surface area (Å²) in [5.41, 5.74) is 3.19. The number of aryl methyl sites for hydroxylation is 1. The van der Waals surface area contributed by atoms with Gasteiger partial charge in [-0.05, 0) is 56.3 Å². The van der Waals surface area contributed by atoms with Crippen LogP contribution in [0.25, 0.3) is 10.9 Å². The Morgan fingerprint density at radius 1 is 1.17 bits per heavy atom. The Labute approximate surface area is 139 Å². The van der Waals surface area contributed by atoms with E-state index in [9.17, 15) is 4.39 Å². The molecule has 0 unspecified atom stereocenters. The van der Waals surface area contributed by atoms with Crippen LogP contribution >= 0.6 is 11.6 Å². The minimum Gasteiger partial charge on any atom is -0.494 e. The molecule has 0 aliphatic rings. The summed E-state index contributed by atoms with van der Waals surface area (Å²) in [5.74, 6) is 0.317. The number of ether oxygens (including phenoxy) is 1. The molecule has 23 heavy (non-hydrogen) atoms. The number of nitrogens with one attached hydrogen (secondary N) is 1. The summed E-state index contributed by atoms with van der Waals surface area (Å²) >= 11 is 5.73. The normalized spacial score (nSPS) is 10.8. The van der Waals surface area contributed by atoms with E-state index in [1.807, 2.05) is 38.1 Å². The van der Waals surface area contributed by atoms with E-state index in [-0.39, 0.29) is 5.02 Å². The van der Waals surface area contributed by atoms with Crippen LogP contribution in [0.4, 0.5) is 15.8 Å². The Morgan fingerprint density at radius 2 is 2.00 bits per heavy atom. The molecule has 0 radical (unpaired) electrons. The van der Waals surface area contributed by atoms with E-state index in [4.69, 9.17) is 16.3 Å². The Kier molecular flexibility index (Phi) is 4.35. The first-order chi connectivity index (χ1) is 11.1. The van der Waals surface area contributed by atoms with Crippen LogP contribution in [-0.4, -0.2) is 11.6 Å². The van der Waals surface area contributed by atoms with E-state index >= 15 is 0 Å². The van der Waals surface area contributed by atoms with Gasteiger partial charge in [-0.25, -0.2) is 4.39 Å². The van der Waals surface area contributed by atoms with Gasteiger partial charge in [-0.15, -0.1) is 0 Å². The number of aromatic nitrogens is 1. The third kappa shape index (κ3) is 3.37. The average Bonchev–Trinajstić information content (AvgIpc) is 2.52. The highest BCUT2D eigenvalue weighted by Gasteiger charge is 2.08. The molecule has 0 saturated carbocycles. The van der Waals surface area contributed by atoms with Crippen molar-refractivity contribution in [1.82, 2.24) is 4.98 Å². The fraction of sp³-hybridized carbons (Fsp3) is 0.167. The SMILES string of the molecule is CCOc1ccc2nc(C)cc(Nc3ccc(Cl)c(F)c3)c2c1. The molecule has 0 amide bonds. The number of fused-ring (bicyclic) bond motifs is 1. The topological polar surface area (TPSA) is 34.1 Å².